The van der Waals surface area contributed by atoms with Crippen molar-refractivity contribution in [3.8, 4) is 22.5 Å². The predicted octanol–water partition coefficient (Wildman–Crippen LogP) is 4.34. The van der Waals surface area contributed by atoms with E-state index in [4.69, 9.17) is 16.3 Å². The second-order valence-electron chi connectivity index (χ2n) is 8.56. The summed E-state index contributed by atoms with van der Waals surface area (Å²) in [4.78, 5) is 17.0. The van der Waals surface area contributed by atoms with E-state index in [9.17, 15) is 4.79 Å². The van der Waals surface area contributed by atoms with Crippen molar-refractivity contribution < 1.29 is 9.53 Å². The highest BCUT2D eigenvalue weighted by atomic mass is 35.5. The van der Waals surface area contributed by atoms with Crippen molar-refractivity contribution in [2.45, 2.75) is 45.4 Å². The molecule has 0 saturated heterocycles. The van der Waals surface area contributed by atoms with Crippen molar-refractivity contribution in [2.24, 2.45) is 0 Å². The van der Waals surface area contributed by atoms with Gasteiger partial charge < -0.3 is 14.6 Å². The van der Waals surface area contributed by atoms with Crippen LogP contribution in [0.4, 0.5) is 0 Å². The van der Waals surface area contributed by atoms with Gasteiger partial charge in [-0.2, -0.15) is 17.8 Å². The number of rotatable bonds is 12. The highest BCUT2D eigenvalue weighted by Gasteiger charge is 2.21. The average Bonchev–Trinajstić information content (AvgIpc) is 3.56. The van der Waals surface area contributed by atoms with E-state index in [2.05, 4.69) is 79.3 Å². The Morgan fingerprint density at radius 1 is 1.19 bits per heavy atom. The van der Waals surface area contributed by atoms with Crippen LogP contribution < -0.4 is 5.32 Å². The number of tetrazole rings is 1. The SMILES string of the molecule is CCCCc1nc(Cl)c(COC(=O)[C@@H](CS)NC)n1Cc1ccc(-c2ccccc2-c2nn[nH]n2)cc1. The molecular weight excluding hydrogens is 510 g/mol. The molecule has 2 heterocycles. The second-order valence-corrected chi connectivity index (χ2v) is 9.29. The van der Waals surface area contributed by atoms with Crippen molar-refractivity contribution in [1.82, 2.24) is 35.5 Å². The minimum atomic E-state index is -0.485. The lowest BCUT2D eigenvalue weighted by Crippen LogP contribution is -2.37. The number of halogens is 1. The van der Waals surface area contributed by atoms with Gasteiger partial charge in [0, 0.05) is 24.3 Å². The number of ether oxygens (including phenoxy) is 1. The molecule has 0 aliphatic carbocycles. The highest BCUT2D eigenvalue weighted by Crippen LogP contribution is 2.30. The molecule has 0 spiro atoms. The molecule has 9 nitrogen and oxygen atoms in total. The normalized spacial score (nSPS) is 12.0. The summed E-state index contributed by atoms with van der Waals surface area (Å²) < 4.78 is 7.62. The molecule has 0 radical (unpaired) electrons. The number of carbonyl (C=O) groups is 1. The van der Waals surface area contributed by atoms with E-state index < -0.39 is 6.04 Å². The van der Waals surface area contributed by atoms with Gasteiger partial charge >= 0.3 is 5.97 Å². The van der Waals surface area contributed by atoms with Gasteiger partial charge in [-0.3, -0.25) is 4.79 Å². The number of aryl methyl sites for hydroxylation is 1. The molecule has 0 fully saturated rings. The van der Waals surface area contributed by atoms with Crippen LogP contribution in [0.3, 0.4) is 0 Å². The summed E-state index contributed by atoms with van der Waals surface area (Å²) in [5.41, 5.74) is 4.71. The molecule has 0 aliphatic heterocycles. The van der Waals surface area contributed by atoms with Crippen molar-refractivity contribution in [2.75, 3.05) is 12.8 Å². The van der Waals surface area contributed by atoms with E-state index in [1.807, 2.05) is 24.3 Å². The van der Waals surface area contributed by atoms with Crippen LogP contribution in [-0.2, 0) is 29.1 Å². The second kappa shape index (κ2) is 12.8. The van der Waals surface area contributed by atoms with Crippen LogP contribution in [0.1, 0.15) is 36.8 Å². The Hall–Kier alpha value is -3.21. The molecule has 2 aromatic carbocycles. The summed E-state index contributed by atoms with van der Waals surface area (Å²) in [5, 5.41) is 17.7. The number of imidazole rings is 1. The zero-order valence-electron chi connectivity index (χ0n) is 20.8. The summed E-state index contributed by atoms with van der Waals surface area (Å²) in [7, 11) is 1.70. The first-order valence-corrected chi connectivity index (χ1v) is 13.2. The number of H-pyrrole nitrogens is 1. The molecule has 4 aromatic rings. The van der Waals surface area contributed by atoms with Crippen molar-refractivity contribution in [3.05, 3.63) is 70.8 Å². The number of benzene rings is 2. The quantitative estimate of drug-likeness (QED) is 0.181. The molecule has 2 aromatic heterocycles. The van der Waals surface area contributed by atoms with Crippen LogP contribution in [0.15, 0.2) is 48.5 Å². The van der Waals surface area contributed by atoms with Crippen molar-refractivity contribution in [3.63, 3.8) is 0 Å². The number of unbranched alkanes of at least 4 members (excludes halogenated alkanes) is 1. The first-order chi connectivity index (χ1) is 18.0. The number of hydrogen-bond acceptors (Lipinski definition) is 8. The minimum absolute atomic E-state index is 0.0406. The molecule has 0 unspecified atom stereocenters. The standard InChI is InChI=1S/C26H30ClN7O2S/c1-3-4-9-23-29-24(27)22(15-36-26(35)21(16-37)28-2)34(23)14-17-10-12-18(13-11-17)19-7-5-6-8-20(19)25-30-32-33-31-25/h5-8,10-13,21,28,37H,3-4,9,14-16H2,1-2H3,(H,30,31,32,33)/t21-/m1/s1. The van der Waals surface area contributed by atoms with Gasteiger partial charge in [-0.15, -0.1) is 10.2 Å². The van der Waals surface area contributed by atoms with Gasteiger partial charge in [0.15, 0.2) is 5.15 Å². The number of esters is 1. The number of carbonyl (C=O) groups excluding carboxylic acids is 1. The zero-order valence-corrected chi connectivity index (χ0v) is 22.5. The fraction of sp³-hybridized carbons (Fsp3) is 0.346. The predicted molar refractivity (Wildman–Crippen MR) is 146 cm³/mol. The molecule has 37 heavy (non-hydrogen) atoms. The first-order valence-electron chi connectivity index (χ1n) is 12.2. The van der Waals surface area contributed by atoms with Gasteiger partial charge in [-0.25, -0.2) is 4.98 Å². The number of hydrogen-bond donors (Lipinski definition) is 3. The van der Waals surface area contributed by atoms with E-state index >= 15 is 0 Å². The Kier molecular flexibility index (Phi) is 9.32. The largest absolute Gasteiger partial charge is 0.458 e. The molecule has 0 amide bonds. The summed E-state index contributed by atoms with van der Waals surface area (Å²) in [6.07, 6.45) is 2.81. The Bertz CT molecular complexity index is 1310. The van der Waals surface area contributed by atoms with Gasteiger partial charge in [0.25, 0.3) is 0 Å². The van der Waals surface area contributed by atoms with Gasteiger partial charge in [-0.1, -0.05) is 73.5 Å². The third-order valence-electron chi connectivity index (χ3n) is 6.14. The lowest BCUT2D eigenvalue weighted by atomic mass is 9.98. The van der Waals surface area contributed by atoms with Crippen LogP contribution in [0, 0.1) is 0 Å². The average molecular weight is 540 g/mol. The number of thiol groups is 1. The molecule has 4 rings (SSSR count). The molecule has 0 aliphatic rings. The smallest absolute Gasteiger partial charge is 0.324 e. The molecule has 0 bridgehead atoms. The van der Waals surface area contributed by atoms with Gasteiger partial charge in [0.05, 0.1) is 5.69 Å². The van der Waals surface area contributed by atoms with Crippen molar-refractivity contribution >= 4 is 30.2 Å². The third kappa shape index (κ3) is 6.38. The lowest BCUT2D eigenvalue weighted by Gasteiger charge is -2.16. The summed E-state index contributed by atoms with van der Waals surface area (Å²) in [6, 6.07) is 15.8. The number of aromatic nitrogens is 6. The van der Waals surface area contributed by atoms with Gasteiger partial charge in [0.1, 0.15) is 18.5 Å². The summed E-state index contributed by atoms with van der Waals surface area (Å²) >= 11 is 10.7. The fourth-order valence-electron chi connectivity index (χ4n) is 4.06. The minimum Gasteiger partial charge on any atom is -0.458 e. The van der Waals surface area contributed by atoms with E-state index in [1.165, 1.54) is 0 Å². The molecule has 0 saturated carbocycles. The Morgan fingerprint density at radius 2 is 1.95 bits per heavy atom. The van der Waals surface area contributed by atoms with Crippen LogP contribution in [0.5, 0.6) is 0 Å². The van der Waals surface area contributed by atoms with Crippen molar-refractivity contribution in [1.29, 1.82) is 0 Å². The molecular formula is C26H30ClN7O2S. The Balaban J connectivity index is 1.58. The lowest BCUT2D eigenvalue weighted by molar-refractivity contribution is -0.146. The van der Waals surface area contributed by atoms with Crippen LogP contribution >= 0.6 is 24.2 Å². The van der Waals surface area contributed by atoms with Gasteiger partial charge in [0.2, 0.25) is 5.82 Å². The first kappa shape index (κ1) is 26.8. The molecule has 1 atom stereocenters. The number of aromatic amines is 1. The van der Waals surface area contributed by atoms with Crippen LogP contribution in [0.25, 0.3) is 22.5 Å². The summed E-state index contributed by atoms with van der Waals surface area (Å²) in [5.74, 6) is 1.39. The number of likely N-dealkylation sites (N-methyl/N-ethyl adjacent to an activating group) is 1. The fourth-order valence-corrected chi connectivity index (χ4v) is 4.64. The highest BCUT2D eigenvalue weighted by molar-refractivity contribution is 7.80. The number of nitrogens with one attached hydrogen (secondary N) is 2. The summed E-state index contributed by atoms with van der Waals surface area (Å²) in [6.45, 7) is 2.73. The Morgan fingerprint density at radius 3 is 2.59 bits per heavy atom. The maximum atomic E-state index is 12.4. The maximum Gasteiger partial charge on any atom is 0.324 e. The zero-order chi connectivity index (χ0) is 26.2. The molecule has 194 valence electrons. The monoisotopic (exact) mass is 539 g/mol. The topological polar surface area (TPSA) is 111 Å². The van der Waals surface area contributed by atoms with Crippen LogP contribution in [-0.4, -0.2) is 55.0 Å². The maximum absolute atomic E-state index is 12.4. The van der Waals surface area contributed by atoms with E-state index in [0.29, 0.717) is 29.0 Å². The Labute approximate surface area is 226 Å². The number of nitrogens with zero attached hydrogens (tertiary/aromatic N) is 5. The van der Waals surface area contributed by atoms with Crippen LogP contribution in [0.2, 0.25) is 5.15 Å². The molecule has 11 heteroatoms. The molecule has 2 N–H and O–H groups in total. The van der Waals surface area contributed by atoms with E-state index in [1.54, 1.807) is 7.05 Å². The van der Waals surface area contributed by atoms with E-state index in [0.717, 1.165) is 47.3 Å². The third-order valence-corrected chi connectivity index (χ3v) is 6.81. The van der Waals surface area contributed by atoms with E-state index in [-0.39, 0.29) is 12.6 Å². The van der Waals surface area contributed by atoms with Gasteiger partial charge in [-0.05, 0) is 35.4 Å².